The van der Waals surface area contributed by atoms with E-state index in [0.29, 0.717) is 16.1 Å². The number of methoxy groups -OCH3 is 1. The third kappa shape index (κ3) is 1.13. The molecule has 2 rings (SSSR count). The number of carbonyl (C=O) groups is 1. The molecule has 0 aliphatic carbocycles. The molecule has 74 valence electrons. The van der Waals surface area contributed by atoms with Gasteiger partial charge in [-0.3, -0.25) is 0 Å². The number of carbonyl (C=O) groups excluding carboxylic acids is 1. The predicted molar refractivity (Wildman–Crippen MR) is 51.2 cm³/mol. The lowest BCUT2D eigenvalue weighted by Crippen LogP contribution is -2.23. The standard InChI is InChI=1S/C10H9ClO3/c1-10(13-2)6-4-3-5-7(11)8(6)9(12)14-10/h3-5H,1-2H3. The Labute approximate surface area is 86.6 Å². The van der Waals surface area contributed by atoms with E-state index in [4.69, 9.17) is 21.1 Å². The summed E-state index contributed by atoms with van der Waals surface area (Å²) in [6.45, 7) is 1.69. The van der Waals surface area contributed by atoms with Crippen molar-refractivity contribution in [3.63, 3.8) is 0 Å². The van der Waals surface area contributed by atoms with Gasteiger partial charge in [-0.25, -0.2) is 4.79 Å². The highest BCUT2D eigenvalue weighted by Crippen LogP contribution is 2.39. The molecule has 0 amide bonds. The largest absolute Gasteiger partial charge is 0.425 e. The second-order valence-electron chi connectivity index (χ2n) is 3.20. The molecule has 1 heterocycles. The highest BCUT2D eigenvalue weighted by molar-refractivity contribution is 6.34. The minimum absolute atomic E-state index is 0.397. The third-order valence-electron chi connectivity index (χ3n) is 2.38. The molecule has 1 atom stereocenters. The van der Waals surface area contributed by atoms with E-state index in [1.807, 2.05) is 0 Å². The Morgan fingerprint density at radius 1 is 1.50 bits per heavy atom. The first kappa shape index (κ1) is 9.49. The van der Waals surface area contributed by atoms with Crippen LogP contribution >= 0.6 is 11.6 Å². The van der Waals surface area contributed by atoms with Crippen molar-refractivity contribution in [1.82, 2.24) is 0 Å². The second kappa shape index (κ2) is 2.97. The van der Waals surface area contributed by atoms with Crippen LogP contribution in [0.3, 0.4) is 0 Å². The monoisotopic (exact) mass is 212 g/mol. The molecule has 0 saturated carbocycles. The Morgan fingerprint density at radius 2 is 2.21 bits per heavy atom. The summed E-state index contributed by atoms with van der Waals surface area (Å²) >= 11 is 5.89. The summed E-state index contributed by atoms with van der Waals surface area (Å²) < 4.78 is 10.3. The van der Waals surface area contributed by atoms with Gasteiger partial charge in [-0.2, -0.15) is 0 Å². The van der Waals surface area contributed by atoms with Crippen LogP contribution in [0.2, 0.25) is 5.02 Å². The van der Waals surface area contributed by atoms with Gasteiger partial charge in [0.1, 0.15) is 0 Å². The molecule has 1 unspecified atom stereocenters. The average Bonchev–Trinajstić information content (AvgIpc) is 2.41. The van der Waals surface area contributed by atoms with Crippen LogP contribution in [-0.2, 0) is 15.3 Å². The maximum Gasteiger partial charge on any atom is 0.342 e. The molecule has 3 nitrogen and oxygen atoms in total. The summed E-state index contributed by atoms with van der Waals surface area (Å²) in [6.07, 6.45) is 0. The van der Waals surface area contributed by atoms with Crippen LogP contribution < -0.4 is 0 Å². The van der Waals surface area contributed by atoms with Gasteiger partial charge in [0.15, 0.2) is 0 Å². The number of cyclic esters (lactones) is 1. The molecule has 1 aromatic carbocycles. The quantitative estimate of drug-likeness (QED) is 0.671. The van der Waals surface area contributed by atoms with Crippen molar-refractivity contribution in [3.05, 3.63) is 34.3 Å². The first-order chi connectivity index (χ1) is 6.58. The molecule has 1 aromatic rings. The van der Waals surface area contributed by atoms with Gasteiger partial charge in [0.05, 0.1) is 10.6 Å². The molecule has 0 bridgehead atoms. The fraction of sp³-hybridized carbons (Fsp3) is 0.300. The van der Waals surface area contributed by atoms with Crippen LogP contribution in [0, 0.1) is 0 Å². The van der Waals surface area contributed by atoms with Crippen LogP contribution in [0.4, 0.5) is 0 Å². The summed E-state index contributed by atoms with van der Waals surface area (Å²) in [5.74, 6) is -1.44. The van der Waals surface area contributed by atoms with Crippen molar-refractivity contribution in [2.75, 3.05) is 7.11 Å². The van der Waals surface area contributed by atoms with Crippen molar-refractivity contribution >= 4 is 17.6 Å². The summed E-state index contributed by atoms with van der Waals surface area (Å²) in [6, 6.07) is 5.19. The Morgan fingerprint density at radius 3 is 2.86 bits per heavy atom. The van der Waals surface area contributed by atoms with Gasteiger partial charge < -0.3 is 9.47 Å². The van der Waals surface area contributed by atoms with Gasteiger partial charge in [0, 0.05) is 19.6 Å². The minimum Gasteiger partial charge on any atom is -0.425 e. The van der Waals surface area contributed by atoms with Crippen LogP contribution in [0.25, 0.3) is 0 Å². The van der Waals surface area contributed by atoms with E-state index in [9.17, 15) is 4.79 Å². The number of hydrogen-bond acceptors (Lipinski definition) is 3. The average molecular weight is 213 g/mol. The normalized spacial score (nSPS) is 24.6. The van der Waals surface area contributed by atoms with Crippen LogP contribution in [0.5, 0.6) is 0 Å². The van der Waals surface area contributed by atoms with Gasteiger partial charge in [-0.05, 0) is 6.07 Å². The number of ether oxygens (including phenoxy) is 2. The van der Waals surface area contributed by atoms with Crippen molar-refractivity contribution in [3.8, 4) is 0 Å². The lowest BCUT2D eigenvalue weighted by Gasteiger charge is -2.21. The molecule has 0 saturated heterocycles. The number of esters is 1. The van der Waals surface area contributed by atoms with Gasteiger partial charge in [-0.15, -0.1) is 0 Å². The summed E-state index contributed by atoms with van der Waals surface area (Å²) in [5, 5.41) is 0.397. The number of fused-ring (bicyclic) bond motifs is 1. The number of rotatable bonds is 1. The summed E-state index contributed by atoms with van der Waals surface area (Å²) in [4.78, 5) is 11.5. The van der Waals surface area contributed by atoms with Gasteiger partial charge in [0.25, 0.3) is 0 Å². The van der Waals surface area contributed by atoms with Crippen LogP contribution in [-0.4, -0.2) is 13.1 Å². The smallest absolute Gasteiger partial charge is 0.342 e. The molecular formula is C10H9ClO3. The van der Waals surface area contributed by atoms with Crippen molar-refractivity contribution < 1.29 is 14.3 Å². The fourth-order valence-electron chi connectivity index (χ4n) is 1.54. The van der Waals surface area contributed by atoms with E-state index < -0.39 is 11.8 Å². The maximum absolute atomic E-state index is 11.5. The van der Waals surface area contributed by atoms with Gasteiger partial charge in [-0.1, -0.05) is 23.7 Å². The Bertz CT molecular complexity index is 402. The fourth-order valence-corrected chi connectivity index (χ4v) is 1.80. The molecular weight excluding hydrogens is 204 g/mol. The lowest BCUT2D eigenvalue weighted by molar-refractivity contribution is -0.172. The Hall–Kier alpha value is -1.06. The van der Waals surface area contributed by atoms with E-state index in [0.717, 1.165) is 0 Å². The number of halogens is 1. The van der Waals surface area contributed by atoms with Crippen LogP contribution in [0.15, 0.2) is 18.2 Å². The summed E-state index contributed by atoms with van der Waals surface area (Å²) in [5.41, 5.74) is 1.08. The van der Waals surface area contributed by atoms with E-state index in [-0.39, 0.29) is 0 Å². The highest BCUT2D eigenvalue weighted by Gasteiger charge is 2.43. The molecule has 1 aliphatic rings. The van der Waals surface area contributed by atoms with E-state index >= 15 is 0 Å². The Balaban J connectivity index is 2.66. The molecule has 4 heteroatoms. The number of benzene rings is 1. The van der Waals surface area contributed by atoms with Crippen molar-refractivity contribution in [2.24, 2.45) is 0 Å². The highest BCUT2D eigenvalue weighted by atomic mass is 35.5. The molecule has 0 aromatic heterocycles. The van der Waals surface area contributed by atoms with E-state index in [1.54, 1.807) is 25.1 Å². The molecule has 1 aliphatic heterocycles. The SMILES string of the molecule is COC1(C)OC(=O)c2c(Cl)cccc21. The first-order valence-corrected chi connectivity index (χ1v) is 4.54. The minimum atomic E-state index is -1.00. The van der Waals surface area contributed by atoms with E-state index in [2.05, 4.69) is 0 Å². The van der Waals surface area contributed by atoms with Crippen LogP contribution in [0.1, 0.15) is 22.8 Å². The van der Waals surface area contributed by atoms with Crippen molar-refractivity contribution in [1.29, 1.82) is 0 Å². The zero-order valence-electron chi connectivity index (χ0n) is 7.83. The summed E-state index contributed by atoms with van der Waals surface area (Å²) in [7, 11) is 1.49. The van der Waals surface area contributed by atoms with E-state index in [1.165, 1.54) is 7.11 Å². The Kier molecular flexibility index (Phi) is 2.01. The maximum atomic E-state index is 11.5. The number of hydrogen-bond donors (Lipinski definition) is 0. The van der Waals surface area contributed by atoms with Gasteiger partial charge in [0.2, 0.25) is 5.79 Å². The topological polar surface area (TPSA) is 35.5 Å². The zero-order chi connectivity index (χ0) is 10.3. The second-order valence-corrected chi connectivity index (χ2v) is 3.61. The molecule has 0 radical (unpaired) electrons. The van der Waals surface area contributed by atoms with Gasteiger partial charge >= 0.3 is 5.97 Å². The molecule has 0 spiro atoms. The van der Waals surface area contributed by atoms with Crippen molar-refractivity contribution in [2.45, 2.75) is 12.7 Å². The third-order valence-corrected chi connectivity index (χ3v) is 2.70. The molecule has 0 fully saturated rings. The molecule has 14 heavy (non-hydrogen) atoms. The predicted octanol–water partition coefficient (Wildman–Crippen LogP) is 2.33. The molecule has 0 N–H and O–H groups in total. The lowest BCUT2D eigenvalue weighted by atomic mass is 10.0. The zero-order valence-corrected chi connectivity index (χ0v) is 8.59. The first-order valence-electron chi connectivity index (χ1n) is 4.16.